The molecule has 1 saturated carbocycles. The molecular weight excluding hydrogens is 779 g/mol. The molecule has 14 heteroatoms. The Balaban J connectivity index is 2.54. The highest BCUT2D eigenvalue weighted by Crippen LogP contribution is 2.47. The second kappa shape index (κ2) is 34.9. The van der Waals surface area contributed by atoms with Crippen LogP contribution >= 0.6 is 7.82 Å². The first-order valence-corrected chi connectivity index (χ1v) is 23.3. The summed E-state index contributed by atoms with van der Waals surface area (Å²) in [6.45, 7) is 3.09. The third-order valence-corrected chi connectivity index (χ3v) is 10.5. The molecule has 0 bridgehead atoms. The van der Waals surface area contributed by atoms with E-state index in [1.165, 1.54) is 25.7 Å². The molecule has 0 radical (unpaired) electrons. The first kappa shape index (κ1) is 54.3. The summed E-state index contributed by atoms with van der Waals surface area (Å²) < 4.78 is 33.4. The number of hydrogen-bond donors (Lipinski definition) is 6. The average molecular weight is 855 g/mol. The van der Waals surface area contributed by atoms with Crippen LogP contribution in [0.3, 0.4) is 0 Å². The molecule has 6 N–H and O–H groups in total. The summed E-state index contributed by atoms with van der Waals surface area (Å²) in [6, 6.07) is 0. The van der Waals surface area contributed by atoms with Gasteiger partial charge in [0.05, 0.1) is 6.61 Å². The quantitative estimate of drug-likeness (QED) is 0.0120. The highest BCUT2D eigenvalue weighted by Gasteiger charge is 2.51. The van der Waals surface area contributed by atoms with Crippen LogP contribution in [0.4, 0.5) is 0 Å². The van der Waals surface area contributed by atoms with E-state index < -0.39 is 75.7 Å². The van der Waals surface area contributed by atoms with Crippen molar-refractivity contribution >= 4 is 19.8 Å². The second-order valence-corrected chi connectivity index (χ2v) is 16.2. The molecule has 0 saturated heterocycles. The molecule has 0 aromatic carbocycles. The lowest BCUT2D eigenvalue weighted by atomic mass is 9.85. The molecule has 1 fully saturated rings. The van der Waals surface area contributed by atoms with E-state index in [4.69, 9.17) is 18.5 Å². The maximum Gasteiger partial charge on any atom is 0.472 e. The maximum absolute atomic E-state index is 12.8. The molecule has 1 rings (SSSR count). The first-order valence-electron chi connectivity index (χ1n) is 21.8. The van der Waals surface area contributed by atoms with Crippen molar-refractivity contribution in [2.45, 2.75) is 185 Å². The standard InChI is InChI=1S/C45H75O13P/c1-3-5-7-9-11-13-15-17-19-21-23-25-27-29-31-33-38(46)55-35-37(36-56-59(53,54)58-45-43(51)41(49)40(48)42(50)44(45)52)57-39(47)34-32-30-28-26-24-22-20-18-16-14-12-10-8-6-4-2/h6,8,12-15,17-20,24,26,37,40-45,48-52H,3-5,7,9-11,16,21-23,25,27-36H2,1-2H3,(H,53,54)/b8-6+,14-12+,15-13+,19-17+,20-18+,26-24+/t37-,40?,41-,42?,43?,44?,45?/m1/s1. The smallest absolute Gasteiger partial charge is 0.462 e. The molecule has 338 valence electrons. The number of carbonyl (C=O) groups is 2. The van der Waals surface area contributed by atoms with E-state index >= 15 is 0 Å². The van der Waals surface area contributed by atoms with Gasteiger partial charge in [0.15, 0.2) is 6.10 Å². The number of carbonyl (C=O) groups excluding carboxylic acids is 2. The van der Waals surface area contributed by atoms with E-state index in [2.05, 4.69) is 80.7 Å². The van der Waals surface area contributed by atoms with Crippen molar-refractivity contribution in [3.8, 4) is 0 Å². The van der Waals surface area contributed by atoms with Crippen LogP contribution in [0.5, 0.6) is 0 Å². The maximum atomic E-state index is 12.8. The highest BCUT2D eigenvalue weighted by atomic mass is 31.2. The van der Waals surface area contributed by atoms with Crippen molar-refractivity contribution in [1.82, 2.24) is 0 Å². The van der Waals surface area contributed by atoms with Gasteiger partial charge in [-0.25, -0.2) is 4.57 Å². The number of aliphatic hydroxyl groups excluding tert-OH is 5. The summed E-state index contributed by atoms with van der Waals surface area (Å²) in [4.78, 5) is 35.6. The summed E-state index contributed by atoms with van der Waals surface area (Å²) in [7, 11) is -5.13. The largest absolute Gasteiger partial charge is 0.472 e. The summed E-state index contributed by atoms with van der Waals surface area (Å²) >= 11 is 0. The normalized spacial score (nSPS) is 23.1. The summed E-state index contributed by atoms with van der Waals surface area (Å²) in [5.74, 6) is -1.17. The molecule has 59 heavy (non-hydrogen) atoms. The number of allylic oxidation sites excluding steroid dienone is 12. The van der Waals surface area contributed by atoms with E-state index in [1.807, 2.05) is 6.08 Å². The summed E-state index contributed by atoms with van der Waals surface area (Å²) in [6.07, 6.45) is 29.6. The van der Waals surface area contributed by atoms with Gasteiger partial charge in [-0.3, -0.25) is 18.6 Å². The predicted molar refractivity (Wildman–Crippen MR) is 230 cm³/mol. The van der Waals surface area contributed by atoms with Gasteiger partial charge in [0.25, 0.3) is 0 Å². The molecule has 1 aliphatic carbocycles. The minimum atomic E-state index is -5.13. The van der Waals surface area contributed by atoms with Gasteiger partial charge < -0.3 is 39.9 Å². The minimum Gasteiger partial charge on any atom is -0.462 e. The Morgan fingerprint density at radius 1 is 0.559 bits per heavy atom. The minimum absolute atomic E-state index is 0.0371. The zero-order valence-electron chi connectivity index (χ0n) is 35.5. The SMILES string of the molecule is CC/C=C/C/C=C/C/C=C/C/C=C/CCCCC(=O)O[C@H](COC(=O)CCCCCCC/C=C/C=C/CCCCCC)COP(=O)(O)OC1C(O)C(O)C(O)[C@@H](O)C1O. The lowest BCUT2D eigenvalue weighted by molar-refractivity contribution is -0.220. The number of hydrogen-bond acceptors (Lipinski definition) is 12. The van der Waals surface area contributed by atoms with Crippen molar-refractivity contribution in [3.05, 3.63) is 72.9 Å². The second-order valence-electron chi connectivity index (χ2n) is 14.8. The van der Waals surface area contributed by atoms with Gasteiger partial charge >= 0.3 is 19.8 Å². The molecule has 0 amide bonds. The molecule has 0 heterocycles. The molecule has 8 atom stereocenters. The van der Waals surface area contributed by atoms with Crippen LogP contribution in [0.25, 0.3) is 0 Å². The molecule has 0 aromatic heterocycles. The van der Waals surface area contributed by atoms with E-state index in [0.717, 1.165) is 70.6 Å². The van der Waals surface area contributed by atoms with E-state index in [9.17, 15) is 44.6 Å². The van der Waals surface area contributed by atoms with Crippen LogP contribution in [0, 0.1) is 0 Å². The number of ether oxygens (including phenoxy) is 2. The van der Waals surface area contributed by atoms with Gasteiger partial charge in [-0.2, -0.15) is 0 Å². The van der Waals surface area contributed by atoms with Crippen LogP contribution in [-0.2, 0) is 32.7 Å². The molecule has 6 unspecified atom stereocenters. The lowest BCUT2D eigenvalue weighted by Crippen LogP contribution is -2.64. The van der Waals surface area contributed by atoms with Crippen LogP contribution in [0.15, 0.2) is 72.9 Å². The Labute approximate surface area is 353 Å². The third kappa shape index (κ3) is 27.7. The van der Waals surface area contributed by atoms with Gasteiger partial charge in [-0.15, -0.1) is 0 Å². The Kier molecular flexibility index (Phi) is 32.2. The number of esters is 2. The fourth-order valence-electron chi connectivity index (χ4n) is 6.03. The van der Waals surface area contributed by atoms with Crippen molar-refractivity contribution in [3.63, 3.8) is 0 Å². The monoisotopic (exact) mass is 854 g/mol. The molecule has 1 aliphatic rings. The van der Waals surface area contributed by atoms with Gasteiger partial charge in [0.1, 0.15) is 43.2 Å². The van der Waals surface area contributed by atoms with E-state index in [0.29, 0.717) is 19.3 Å². The Bertz CT molecular complexity index is 1310. The molecule has 13 nitrogen and oxygen atoms in total. The molecule has 0 spiro atoms. The third-order valence-electron chi connectivity index (χ3n) is 9.56. The van der Waals surface area contributed by atoms with Gasteiger partial charge in [-0.05, 0) is 77.0 Å². The average Bonchev–Trinajstić information content (AvgIpc) is 3.21. The number of unbranched alkanes of at least 4 members (excludes halogenated alkanes) is 11. The van der Waals surface area contributed by atoms with Crippen LogP contribution in [-0.4, -0.2) is 98.3 Å². The molecule has 0 aromatic rings. The van der Waals surface area contributed by atoms with E-state index in [-0.39, 0.29) is 12.8 Å². The Hall–Kier alpha value is -2.71. The van der Waals surface area contributed by atoms with Crippen molar-refractivity contribution in [1.29, 1.82) is 0 Å². The fourth-order valence-corrected chi connectivity index (χ4v) is 7.00. The summed E-state index contributed by atoms with van der Waals surface area (Å²) in [5.41, 5.74) is 0. The number of phosphoric ester groups is 1. The zero-order chi connectivity index (χ0) is 43.6. The van der Waals surface area contributed by atoms with Crippen molar-refractivity contribution in [2.75, 3.05) is 13.2 Å². The number of aliphatic hydroxyl groups is 5. The number of rotatable bonds is 34. The van der Waals surface area contributed by atoms with Gasteiger partial charge in [0.2, 0.25) is 0 Å². The van der Waals surface area contributed by atoms with Crippen LogP contribution in [0.1, 0.15) is 142 Å². The lowest BCUT2D eigenvalue weighted by Gasteiger charge is -2.41. The van der Waals surface area contributed by atoms with Gasteiger partial charge in [-0.1, -0.05) is 125 Å². The molecular formula is C45H75O13P. The predicted octanol–water partition coefficient (Wildman–Crippen LogP) is 7.94. The first-order chi connectivity index (χ1) is 28.4. The van der Waals surface area contributed by atoms with Crippen LogP contribution < -0.4 is 0 Å². The van der Waals surface area contributed by atoms with Gasteiger partial charge in [0, 0.05) is 12.8 Å². The number of phosphoric acid groups is 1. The summed E-state index contributed by atoms with van der Waals surface area (Å²) in [5, 5.41) is 50.1. The van der Waals surface area contributed by atoms with Crippen LogP contribution in [0.2, 0.25) is 0 Å². The zero-order valence-corrected chi connectivity index (χ0v) is 36.4. The highest BCUT2D eigenvalue weighted by molar-refractivity contribution is 7.47. The fraction of sp³-hybridized carbons (Fsp3) is 0.689. The Morgan fingerprint density at radius 3 is 1.61 bits per heavy atom. The van der Waals surface area contributed by atoms with Crippen molar-refractivity contribution < 1.29 is 63.1 Å². The van der Waals surface area contributed by atoms with E-state index in [1.54, 1.807) is 0 Å². The van der Waals surface area contributed by atoms with Crippen molar-refractivity contribution in [2.24, 2.45) is 0 Å². The Morgan fingerprint density at radius 2 is 1.02 bits per heavy atom. The molecule has 0 aliphatic heterocycles. The topological polar surface area (TPSA) is 210 Å².